The van der Waals surface area contributed by atoms with Crippen LogP contribution >= 0.6 is 12.4 Å². The Labute approximate surface area is 174 Å². The van der Waals surface area contributed by atoms with Gasteiger partial charge in [-0.25, -0.2) is 0 Å². The quantitative estimate of drug-likeness (QED) is 0.533. The van der Waals surface area contributed by atoms with Crippen LogP contribution in [0.4, 0.5) is 0 Å². The predicted molar refractivity (Wildman–Crippen MR) is 119 cm³/mol. The third-order valence-electron chi connectivity index (χ3n) is 4.35. The largest absolute Gasteiger partial charge is 0.491 e. The van der Waals surface area contributed by atoms with Crippen LogP contribution < -0.4 is 10.1 Å². The van der Waals surface area contributed by atoms with Gasteiger partial charge in [0.15, 0.2) is 0 Å². The van der Waals surface area contributed by atoms with Crippen LogP contribution in [0.15, 0.2) is 72.8 Å². The summed E-state index contributed by atoms with van der Waals surface area (Å²) in [7, 11) is 0. The number of rotatable bonds is 8. The molecular formula is C24H30ClNO2. The van der Waals surface area contributed by atoms with E-state index in [1.165, 1.54) is 16.3 Å². The van der Waals surface area contributed by atoms with Crippen molar-refractivity contribution in [3.05, 3.63) is 78.4 Å². The Bertz CT molecular complexity index is 846. The lowest BCUT2D eigenvalue weighted by Gasteiger charge is -2.25. The van der Waals surface area contributed by atoms with Crippen LogP contribution in [0.5, 0.6) is 5.75 Å². The van der Waals surface area contributed by atoms with Gasteiger partial charge in [-0.05, 0) is 49.2 Å². The highest BCUT2D eigenvalue weighted by Gasteiger charge is 2.16. The van der Waals surface area contributed by atoms with Gasteiger partial charge in [-0.1, -0.05) is 60.7 Å². The van der Waals surface area contributed by atoms with Gasteiger partial charge in [0, 0.05) is 12.1 Å². The molecule has 3 aromatic rings. The first kappa shape index (κ1) is 22.2. The lowest BCUT2D eigenvalue weighted by molar-refractivity contribution is 0.00705. The Balaban J connectivity index is 0.00000280. The smallest absolute Gasteiger partial charge is 0.120 e. The lowest BCUT2D eigenvalue weighted by Crippen LogP contribution is -2.43. The van der Waals surface area contributed by atoms with Crippen molar-refractivity contribution in [2.45, 2.75) is 39.0 Å². The second-order valence-corrected chi connectivity index (χ2v) is 7.87. The van der Waals surface area contributed by atoms with Gasteiger partial charge in [-0.15, -0.1) is 12.4 Å². The topological polar surface area (TPSA) is 30.5 Å². The summed E-state index contributed by atoms with van der Waals surface area (Å²) in [5.74, 6) is 0.873. The average Bonchev–Trinajstić information content (AvgIpc) is 2.67. The minimum Gasteiger partial charge on any atom is -0.491 e. The molecule has 1 atom stereocenters. The first-order chi connectivity index (χ1) is 13.0. The fourth-order valence-corrected chi connectivity index (χ4v) is 2.82. The van der Waals surface area contributed by atoms with E-state index in [2.05, 4.69) is 68.6 Å². The maximum Gasteiger partial charge on any atom is 0.120 e. The monoisotopic (exact) mass is 399 g/mol. The van der Waals surface area contributed by atoms with Crippen LogP contribution in [0.1, 0.15) is 26.3 Å². The van der Waals surface area contributed by atoms with E-state index < -0.39 is 0 Å². The van der Waals surface area contributed by atoms with Gasteiger partial charge < -0.3 is 14.8 Å². The first-order valence-electron chi connectivity index (χ1n) is 9.52. The molecule has 3 rings (SSSR count). The number of ether oxygens (including phenoxy) is 2. The fraction of sp³-hybridized carbons (Fsp3) is 0.333. The summed E-state index contributed by atoms with van der Waals surface area (Å²) < 4.78 is 12.2. The van der Waals surface area contributed by atoms with Crippen LogP contribution in [-0.2, 0) is 11.3 Å². The molecule has 0 spiro atoms. The molecular weight excluding hydrogens is 370 g/mol. The Morgan fingerprint density at radius 1 is 0.857 bits per heavy atom. The molecule has 0 amide bonds. The van der Waals surface area contributed by atoms with E-state index in [9.17, 15) is 0 Å². The first-order valence-corrected chi connectivity index (χ1v) is 9.52. The second-order valence-electron chi connectivity index (χ2n) is 7.87. The van der Waals surface area contributed by atoms with Crippen molar-refractivity contribution in [1.82, 2.24) is 5.32 Å². The average molecular weight is 400 g/mol. The van der Waals surface area contributed by atoms with Gasteiger partial charge in [0.25, 0.3) is 0 Å². The van der Waals surface area contributed by atoms with Gasteiger partial charge in [-0.3, -0.25) is 0 Å². The number of hydrogen-bond donors (Lipinski definition) is 1. The molecule has 0 aromatic heterocycles. The number of benzene rings is 3. The predicted octanol–water partition coefficient (Wildman–Crippen LogP) is 5.61. The molecule has 0 heterocycles. The van der Waals surface area contributed by atoms with Gasteiger partial charge in [-0.2, -0.15) is 0 Å². The zero-order chi connectivity index (χ0) is 19.1. The van der Waals surface area contributed by atoms with Crippen molar-refractivity contribution >= 4 is 23.2 Å². The molecule has 0 bridgehead atoms. The van der Waals surface area contributed by atoms with E-state index in [1.54, 1.807) is 0 Å². The van der Waals surface area contributed by atoms with Crippen molar-refractivity contribution in [2.24, 2.45) is 0 Å². The zero-order valence-electron chi connectivity index (χ0n) is 16.9. The molecule has 4 heteroatoms. The third kappa shape index (κ3) is 7.16. The maximum absolute atomic E-state index is 6.15. The van der Waals surface area contributed by atoms with Crippen LogP contribution in [-0.4, -0.2) is 24.8 Å². The molecule has 0 aliphatic heterocycles. The number of nitrogens with one attached hydrogen (secondary N) is 1. The summed E-state index contributed by atoms with van der Waals surface area (Å²) >= 11 is 0. The molecule has 28 heavy (non-hydrogen) atoms. The molecule has 0 saturated heterocycles. The molecule has 150 valence electrons. The van der Waals surface area contributed by atoms with Crippen molar-refractivity contribution in [3.8, 4) is 5.75 Å². The van der Waals surface area contributed by atoms with Gasteiger partial charge in [0.1, 0.15) is 18.5 Å². The highest BCUT2D eigenvalue weighted by molar-refractivity contribution is 5.85. The van der Waals surface area contributed by atoms with E-state index in [-0.39, 0.29) is 24.0 Å². The van der Waals surface area contributed by atoms with Crippen molar-refractivity contribution in [3.63, 3.8) is 0 Å². The normalized spacial score (nSPS) is 12.4. The van der Waals surface area contributed by atoms with E-state index in [0.717, 1.165) is 12.3 Å². The molecule has 0 aliphatic carbocycles. The fourth-order valence-electron chi connectivity index (χ4n) is 2.82. The maximum atomic E-state index is 6.15. The zero-order valence-corrected chi connectivity index (χ0v) is 17.7. The molecule has 1 unspecified atom stereocenters. The summed E-state index contributed by atoms with van der Waals surface area (Å²) in [5.41, 5.74) is 1.21. The molecule has 3 aromatic carbocycles. The van der Waals surface area contributed by atoms with Gasteiger partial charge in [0.2, 0.25) is 0 Å². The number of hydrogen-bond acceptors (Lipinski definition) is 3. The summed E-state index contributed by atoms with van der Waals surface area (Å²) in [5, 5.41) is 5.92. The van der Waals surface area contributed by atoms with Crippen LogP contribution in [0.3, 0.4) is 0 Å². The van der Waals surface area contributed by atoms with Gasteiger partial charge >= 0.3 is 0 Å². The van der Waals surface area contributed by atoms with Crippen LogP contribution in [0.25, 0.3) is 10.8 Å². The highest BCUT2D eigenvalue weighted by atomic mass is 35.5. The van der Waals surface area contributed by atoms with E-state index in [0.29, 0.717) is 13.2 Å². The van der Waals surface area contributed by atoms with E-state index in [1.807, 2.05) is 30.3 Å². The van der Waals surface area contributed by atoms with Crippen LogP contribution in [0.2, 0.25) is 0 Å². The Hall–Kier alpha value is -2.07. The minimum atomic E-state index is -0.0316. The summed E-state index contributed by atoms with van der Waals surface area (Å²) in [6, 6.07) is 24.8. The Kier molecular flexibility index (Phi) is 8.31. The SMILES string of the molecule is CC(C)(C)NCC(COc1ccc2ccccc2c1)OCc1ccccc1.Cl. The van der Waals surface area contributed by atoms with Crippen molar-refractivity contribution in [2.75, 3.05) is 13.2 Å². The van der Waals surface area contributed by atoms with Gasteiger partial charge in [0.05, 0.1) is 6.61 Å². The molecule has 1 N–H and O–H groups in total. The van der Waals surface area contributed by atoms with Crippen molar-refractivity contribution in [1.29, 1.82) is 0 Å². The van der Waals surface area contributed by atoms with Crippen molar-refractivity contribution < 1.29 is 9.47 Å². The second kappa shape index (κ2) is 10.5. The molecule has 0 radical (unpaired) electrons. The van der Waals surface area contributed by atoms with E-state index >= 15 is 0 Å². The molecule has 0 saturated carbocycles. The lowest BCUT2D eigenvalue weighted by atomic mass is 10.1. The highest BCUT2D eigenvalue weighted by Crippen LogP contribution is 2.21. The molecule has 3 nitrogen and oxygen atoms in total. The minimum absolute atomic E-state index is 0. The standard InChI is InChI=1S/C24H29NO2.ClH/c1-24(2,3)25-16-23(26-17-19-9-5-4-6-10-19)18-27-22-14-13-20-11-7-8-12-21(20)15-22;/h4-15,23,25H,16-18H2,1-3H3;1H. The number of fused-ring (bicyclic) bond motifs is 1. The Morgan fingerprint density at radius 2 is 1.54 bits per heavy atom. The Morgan fingerprint density at radius 3 is 2.25 bits per heavy atom. The number of halogens is 1. The summed E-state index contributed by atoms with van der Waals surface area (Å²) in [4.78, 5) is 0. The van der Waals surface area contributed by atoms with Crippen LogP contribution in [0, 0.1) is 0 Å². The van der Waals surface area contributed by atoms with E-state index in [4.69, 9.17) is 9.47 Å². The third-order valence-corrected chi connectivity index (χ3v) is 4.35. The summed E-state index contributed by atoms with van der Waals surface area (Å²) in [6.45, 7) is 8.30. The molecule has 0 aliphatic rings. The summed E-state index contributed by atoms with van der Waals surface area (Å²) in [6.07, 6.45) is -0.0316. The molecule has 0 fully saturated rings.